The third-order valence-corrected chi connectivity index (χ3v) is 5.77. The lowest BCUT2D eigenvalue weighted by Crippen LogP contribution is -2.48. The Balaban J connectivity index is 1.62. The summed E-state index contributed by atoms with van der Waals surface area (Å²) in [6.45, 7) is 5.40. The van der Waals surface area contributed by atoms with Gasteiger partial charge in [0.2, 0.25) is 11.8 Å². The summed E-state index contributed by atoms with van der Waals surface area (Å²) in [7, 11) is 0. The summed E-state index contributed by atoms with van der Waals surface area (Å²) in [5, 5.41) is 0. The van der Waals surface area contributed by atoms with Crippen molar-refractivity contribution in [3.8, 4) is 0 Å². The molecule has 1 aromatic rings. The molecule has 0 saturated carbocycles. The molecule has 2 heterocycles. The fourth-order valence-electron chi connectivity index (χ4n) is 4.29. The maximum Gasteiger partial charge on any atom is 0.416 e. The van der Waals surface area contributed by atoms with E-state index < -0.39 is 11.7 Å². The summed E-state index contributed by atoms with van der Waals surface area (Å²) >= 11 is 0. The normalized spacial score (nSPS) is 21.5. The van der Waals surface area contributed by atoms with Crippen LogP contribution in [0, 0.1) is 5.92 Å². The number of benzene rings is 1. The highest BCUT2D eigenvalue weighted by Gasteiger charge is 2.37. The molecule has 152 valence electrons. The van der Waals surface area contributed by atoms with Crippen molar-refractivity contribution >= 4 is 11.8 Å². The van der Waals surface area contributed by atoms with Gasteiger partial charge >= 0.3 is 6.18 Å². The highest BCUT2D eigenvalue weighted by Crippen LogP contribution is 2.38. The Labute approximate surface area is 163 Å². The van der Waals surface area contributed by atoms with Gasteiger partial charge in [-0.15, -0.1) is 0 Å². The van der Waals surface area contributed by atoms with Crippen molar-refractivity contribution in [2.75, 3.05) is 26.2 Å². The first-order chi connectivity index (χ1) is 13.3. The molecule has 2 fully saturated rings. The molecule has 7 heteroatoms. The molecular weight excluding hydrogens is 369 g/mol. The van der Waals surface area contributed by atoms with Crippen LogP contribution >= 0.6 is 0 Å². The molecule has 3 rings (SSSR count). The van der Waals surface area contributed by atoms with E-state index in [2.05, 4.69) is 6.58 Å². The molecular formula is C21H25F3N2O2. The molecule has 2 amide bonds. The zero-order valence-corrected chi connectivity index (χ0v) is 15.8. The van der Waals surface area contributed by atoms with Crippen LogP contribution in [0.25, 0.3) is 0 Å². The molecule has 28 heavy (non-hydrogen) atoms. The van der Waals surface area contributed by atoms with Gasteiger partial charge in [-0.05, 0) is 49.3 Å². The zero-order valence-electron chi connectivity index (χ0n) is 15.8. The quantitative estimate of drug-likeness (QED) is 0.731. The average molecular weight is 394 g/mol. The van der Waals surface area contributed by atoms with Gasteiger partial charge in [-0.25, -0.2) is 0 Å². The highest BCUT2D eigenvalue weighted by atomic mass is 19.4. The van der Waals surface area contributed by atoms with Crippen molar-refractivity contribution in [1.82, 2.24) is 9.80 Å². The summed E-state index contributed by atoms with van der Waals surface area (Å²) < 4.78 is 39.8. The third-order valence-electron chi connectivity index (χ3n) is 5.77. The number of carbonyl (C=O) groups excluding carboxylic acids is 2. The van der Waals surface area contributed by atoms with Crippen LogP contribution in [-0.4, -0.2) is 47.8 Å². The number of likely N-dealkylation sites (tertiary alicyclic amines) is 2. The summed E-state index contributed by atoms with van der Waals surface area (Å²) in [5.41, 5.74) is -0.256. The standard InChI is InChI=1S/C21H25F3N2O2/c1-2-19(27)26-11-5-6-16(14-26)20(28)25-12-9-15(10-13-25)17-7-3-4-8-18(17)21(22,23)24/h2-4,7-8,15-16H,1,5-6,9-14H2. The number of piperidine rings is 2. The van der Waals surface area contributed by atoms with Crippen LogP contribution in [-0.2, 0) is 15.8 Å². The van der Waals surface area contributed by atoms with Crippen LogP contribution in [0.15, 0.2) is 36.9 Å². The lowest BCUT2D eigenvalue weighted by Gasteiger charge is -2.38. The average Bonchev–Trinajstić information content (AvgIpc) is 2.72. The van der Waals surface area contributed by atoms with Gasteiger partial charge in [-0.2, -0.15) is 13.2 Å². The van der Waals surface area contributed by atoms with Crippen LogP contribution in [0.5, 0.6) is 0 Å². The van der Waals surface area contributed by atoms with Gasteiger partial charge in [0.1, 0.15) is 0 Å². The molecule has 1 unspecified atom stereocenters. The fraction of sp³-hybridized carbons (Fsp3) is 0.524. The first-order valence-corrected chi connectivity index (χ1v) is 9.67. The van der Waals surface area contributed by atoms with Crippen molar-refractivity contribution < 1.29 is 22.8 Å². The molecule has 2 aliphatic heterocycles. The summed E-state index contributed by atoms with van der Waals surface area (Å²) in [5.74, 6) is -0.604. The van der Waals surface area contributed by atoms with E-state index in [1.54, 1.807) is 21.9 Å². The van der Waals surface area contributed by atoms with Gasteiger partial charge in [0.15, 0.2) is 0 Å². The van der Waals surface area contributed by atoms with E-state index in [9.17, 15) is 22.8 Å². The largest absolute Gasteiger partial charge is 0.416 e. The van der Waals surface area contributed by atoms with Gasteiger partial charge in [0.05, 0.1) is 11.5 Å². The number of halogens is 3. The lowest BCUT2D eigenvalue weighted by atomic mass is 9.85. The van der Waals surface area contributed by atoms with Crippen molar-refractivity contribution in [3.05, 3.63) is 48.0 Å². The van der Waals surface area contributed by atoms with E-state index in [1.165, 1.54) is 12.1 Å². The number of rotatable bonds is 3. The number of nitrogens with zero attached hydrogens (tertiary/aromatic N) is 2. The topological polar surface area (TPSA) is 40.6 Å². The number of hydrogen-bond acceptors (Lipinski definition) is 2. The Bertz CT molecular complexity index is 739. The lowest BCUT2D eigenvalue weighted by molar-refractivity contribution is -0.141. The van der Waals surface area contributed by atoms with Crippen molar-refractivity contribution in [2.24, 2.45) is 5.92 Å². The maximum atomic E-state index is 13.3. The Morgan fingerprint density at radius 2 is 1.71 bits per heavy atom. The molecule has 0 aliphatic carbocycles. The van der Waals surface area contributed by atoms with E-state index in [0.717, 1.165) is 18.9 Å². The van der Waals surface area contributed by atoms with Crippen molar-refractivity contribution in [3.63, 3.8) is 0 Å². The van der Waals surface area contributed by atoms with Crippen molar-refractivity contribution in [2.45, 2.75) is 37.8 Å². The SMILES string of the molecule is C=CC(=O)N1CCCC(C(=O)N2CCC(c3ccccc3C(F)(F)F)CC2)C1. The Kier molecular flexibility index (Phi) is 6.10. The molecule has 0 spiro atoms. The van der Waals surface area contributed by atoms with E-state index in [-0.39, 0.29) is 23.7 Å². The number of hydrogen-bond donors (Lipinski definition) is 0. The summed E-state index contributed by atoms with van der Waals surface area (Å²) in [4.78, 5) is 28.1. The van der Waals surface area contributed by atoms with Gasteiger partial charge in [-0.1, -0.05) is 24.8 Å². The van der Waals surface area contributed by atoms with Crippen LogP contribution < -0.4 is 0 Å². The van der Waals surface area contributed by atoms with Gasteiger partial charge < -0.3 is 9.80 Å². The number of carbonyl (C=O) groups is 2. The molecule has 1 aromatic carbocycles. The Morgan fingerprint density at radius 1 is 1.04 bits per heavy atom. The van der Waals surface area contributed by atoms with E-state index in [4.69, 9.17) is 0 Å². The first-order valence-electron chi connectivity index (χ1n) is 9.67. The Hall–Kier alpha value is -2.31. The minimum atomic E-state index is -4.37. The minimum Gasteiger partial charge on any atom is -0.342 e. The second-order valence-electron chi connectivity index (χ2n) is 7.51. The number of alkyl halides is 3. The fourth-order valence-corrected chi connectivity index (χ4v) is 4.29. The third kappa shape index (κ3) is 4.39. The van der Waals surface area contributed by atoms with Crippen molar-refractivity contribution in [1.29, 1.82) is 0 Å². The van der Waals surface area contributed by atoms with Crippen LogP contribution in [0.3, 0.4) is 0 Å². The highest BCUT2D eigenvalue weighted by molar-refractivity contribution is 5.88. The smallest absolute Gasteiger partial charge is 0.342 e. The van der Waals surface area contributed by atoms with E-state index in [1.807, 2.05) is 0 Å². The number of amides is 2. The van der Waals surface area contributed by atoms with Gasteiger partial charge in [0, 0.05) is 26.2 Å². The molecule has 0 aromatic heterocycles. The van der Waals surface area contributed by atoms with Gasteiger partial charge in [0.25, 0.3) is 0 Å². The molecule has 0 radical (unpaired) electrons. The molecule has 2 saturated heterocycles. The predicted octanol–water partition coefficient (Wildman–Crippen LogP) is 3.84. The molecule has 0 bridgehead atoms. The van der Waals surface area contributed by atoms with Gasteiger partial charge in [-0.3, -0.25) is 9.59 Å². The second kappa shape index (κ2) is 8.37. The predicted molar refractivity (Wildman–Crippen MR) is 99.5 cm³/mol. The monoisotopic (exact) mass is 394 g/mol. The molecule has 2 aliphatic rings. The Morgan fingerprint density at radius 3 is 2.36 bits per heavy atom. The van der Waals surface area contributed by atoms with Crippen LogP contribution in [0.4, 0.5) is 13.2 Å². The minimum absolute atomic E-state index is 0.00381. The summed E-state index contributed by atoms with van der Waals surface area (Å²) in [6, 6.07) is 5.71. The molecule has 4 nitrogen and oxygen atoms in total. The van der Waals surface area contributed by atoms with Crippen LogP contribution in [0.2, 0.25) is 0 Å². The summed E-state index contributed by atoms with van der Waals surface area (Å²) in [6.07, 6.45) is -0.576. The zero-order chi connectivity index (χ0) is 20.3. The first kappa shape index (κ1) is 20.4. The molecule has 1 atom stereocenters. The second-order valence-corrected chi connectivity index (χ2v) is 7.51. The van der Waals surface area contributed by atoms with E-state index >= 15 is 0 Å². The van der Waals surface area contributed by atoms with Crippen LogP contribution in [0.1, 0.15) is 42.7 Å². The maximum absolute atomic E-state index is 13.3. The molecule has 0 N–H and O–H groups in total. The van der Waals surface area contributed by atoms with E-state index in [0.29, 0.717) is 44.6 Å².